The van der Waals surface area contributed by atoms with Crippen molar-refractivity contribution in [2.75, 3.05) is 12.4 Å². The molecule has 0 bridgehead atoms. The van der Waals surface area contributed by atoms with Crippen LogP contribution in [0.2, 0.25) is 0 Å². The number of benzene rings is 1. The van der Waals surface area contributed by atoms with Gasteiger partial charge in [-0.15, -0.1) is 0 Å². The van der Waals surface area contributed by atoms with Gasteiger partial charge in [0.05, 0.1) is 18.4 Å². The van der Waals surface area contributed by atoms with Gasteiger partial charge in [0.2, 0.25) is 0 Å². The van der Waals surface area contributed by atoms with Crippen LogP contribution in [0.3, 0.4) is 0 Å². The molecule has 20 heavy (non-hydrogen) atoms. The standard InChI is InChI=1S/C16H23NO3/c1-4-11-5-8-14(10(11)2)17-15-9-12(20-3)6-7-13(15)16(18)19/h6-7,9-11,14,17H,4-5,8H2,1-3H3,(H,18,19). The number of rotatable bonds is 5. The van der Waals surface area contributed by atoms with Crippen molar-refractivity contribution in [2.24, 2.45) is 11.8 Å². The van der Waals surface area contributed by atoms with E-state index in [-0.39, 0.29) is 0 Å². The minimum absolute atomic E-state index is 0.304. The monoisotopic (exact) mass is 277 g/mol. The number of anilines is 1. The molecular formula is C16H23NO3. The molecule has 1 aliphatic rings. The molecule has 1 saturated carbocycles. The number of nitrogens with one attached hydrogen (secondary N) is 1. The molecule has 0 saturated heterocycles. The van der Waals surface area contributed by atoms with Crippen molar-refractivity contribution in [1.82, 2.24) is 0 Å². The van der Waals surface area contributed by atoms with E-state index in [2.05, 4.69) is 19.2 Å². The molecule has 0 spiro atoms. The highest BCUT2D eigenvalue weighted by molar-refractivity contribution is 5.94. The number of hydrogen-bond donors (Lipinski definition) is 2. The molecule has 1 aromatic carbocycles. The second-order valence-electron chi connectivity index (χ2n) is 5.57. The fraction of sp³-hybridized carbons (Fsp3) is 0.562. The minimum atomic E-state index is -0.909. The zero-order valence-corrected chi connectivity index (χ0v) is 12.3. The van der Waals surface area contributed by atoms with E-state index in [1.807, 2.05) is 0 Å². The van der Waals surface area contributed by atoms with Gasteiger partial charge in [0.1, 0.15) is 5.75 Å². The van der Waals surface area contributed by atoms with Crippen LogP contribution in [0.25, 0.3) is 0 Å². The van der Waals surface area contributed by atoms with E-state index in [0.29, 0.717) is 29.0 Å². The second-order valence-corrected chi connectivity index (χ2v) is 5.57. The third-order valence-corrected chi connectivity index (χ3v) is 4.55. The molecule has 0 heterocycles. The van der Waals surface area contributed by atoms with Crippen molar-refractivity contribution in [3.05, 3.63) is 23.8 Å². The van der Waals surface area contributed by atoms with Gasteiger partial charge in [0, 0.05) is 12.1 Å². The summed E-state index contributed by atoms with van der Waals surface area (Å²) in [5, 5.41) is 12.7. The average molecular weight is 277 g/mol. The third kappa shape index (κ3) is 2.89. The molecule has 1 fully saturated rings. The number of methoxy groups -OCH3 is 1. The number of aromatic carboxylic acids is 1. The van der Waals surface area contributed by atoms with Gasteiger partial charge in [-0.2, -0.15) is 0 Å². The average Bonchev–Trinajstić information content (AvgIpc) is 2.79. The zero-order valence-electron chi connectivity index (χ0n) is 12.3. The van der Waals surface area contributed by atoms with Crippen LogP contribution in [-0.4, -0.2) is 24.2 Å². The van der Waals surface area contributed by atoms with E-state index in [1.54, 1.807) is 25.3 Å². The first-order valence-electron chi connectivity index (χ1n) is 7.24. The lowest BCUT2D eigenvalue weighted by atomic mass is 9.93. The summed E-state index contributed by atoms with van der Waals surface area (Å²) in [5.74, 6) is 1.06. The van der Waals surface area contributed by atoms with Crippen molar-refractivity contribution in [1.29, 1.82) is 0 Å². The molecule has 110 valence electrons. The summed E-state index contributed by atoms with van der Waals surface area (Å²) in [4.78, 5) is 11.3. The summed E-state index contributed by atoms with van der Waals surface area (Å²) in [5.41, 5.74) is 0.961. The van der Waals surface area contributed by atoms with E-state index in [4.69, 9.17) is 4.74 Å². The smallest absolute Gasteiger partial charge is 0.337 e. The molecule has 3 atom stereocenters. The highest BCUT2D eigenvalue weighted by Gasteiger charge is 2.32. The Kier molecular flexibility index (Phi) is 4.53. The first-order chi connectivity index (χ1) is 9.56. The second kappa shape index (κ2) is 6.16. The van der Waals surface area contributed by atoms with Crippen molar-refractivity contribution < 1.29 is 14.6 Å². The number of carboxylic acids is 1. The first-order valence-corrected chi connectivity index (χ1v) is 7.24. The van der Waals surface area contributed by atoms with Crippen LogP contribution < -0.4 is 10.1 Å². The SMILES string of the molecule is CCC1CCC(Nc2cc(OC)ccc2C(=O)O)C1C. The predicted octanol–water partition coefficient (Wildman–Crippen LogP) is 3.63. The lowest BCUT2D eigenvalue weighted by molar-refractivity contribution is 0.0698. The Morgan fingerprint density at radius 3 is 2.75 bits per heavy atom. The lowest BCUT2D eigenvalue weighted by Gasteiger charge is -2.23. The fourth-order valence-corrected chi connectivity index (χ4v) is 3.18. The first kappa shape index (κ1) is 14.7. The summed E-state index contributed by atoms with van der Waals surface area (Å²) >= 11 is 0. The van der Waals surface area contributed by atoms with Crippen LogP contribution in [-0.2, 0) is 0 Å². The largest absolute Gasteiger partial charge is 0.497 e. The minimum Gasteiger partial charge on any atom is -0.497 e. The van der Waals surface area contributed by atoms with Gasteiger partial charge in [0.25, 0.3) is 0 Å². The molecule has 0 aromatic heterocycles. The van der Waals surface area contributed by atoms with Crippen molar-refractivity contribution in [3.63, 3.8) is 0 Å². The Balaban J connectivity index is 2.21. The molecule has 3 unspecified atom stereocenters. The molecule has 4 nitrogen and oxygen atoms in total. The normalized spacial score (nSPS) is 25.4. The maximum absolute atomic E-state index is 11.3. The van der Waals surface area contributed by atoms with Crippen molar-refractivity contribution >= 4 is 11.7 Å². The number of carboxylic acid groups (broad SMARTS) is 1. The number of carbonyl (C=O) groups is 1. The maximum atomic E-state index is 11.3. The maximum Gasteiger partial charge on any atom is 0.337 e. The van der Waals surface area contributed by atoms with Crippen molar-refractivity contribution in [3.8, 4) is 5.75 Å². The molecule has 2 rings (SSSR count). The molecule has 2 N–H and O–H groups in total. The van der Waals surface area contributed by atoms with Gasteiger partial charge < -0.3 is 15.2 Å². The Hall–Kier alpha value is -1.71. The van der Waals surface area contributed by atoms with Crippen LogP contribution in [0.5, 0.6) is 5.75 Å². The van der Waals surface area contributed by atoms with E-state index < -0.39 is 5.97 Å². The molecular weight excluding hydrogens is 254 g/mol. The van der Waals surface area contributed by atoms with E-state index in [9.17, 15) is 9.90 Å². The quantitative estimate of drug-likeness (QED) is 0.863. The van der Waals surface area contributed by atoms with Crippen LogP contribution in [0, 0.1) is 11.8 Å². The fourth-order valence-electron chi connectivity index (χ4n) is 3.18. The van der Waals surface area contributed by atoms with E-state index >= 15 is 0 Å². The van der Waals surface area contributed by atoms with Gasteiger partial charge in [-0.3, -0.25) is 0 Å². The molecule has 0 aliphatic heterocycles. The van der Waals surface area contributed by atoms with E-state index in [1.165, 1.54) is 12.8 Å². The van der Waals surface area contributed by atoms with Crippen LogP contribution >= 0.6 is 0 Å². The third-order valence-electron chi connectivity index (χ3n) is 4.55. The Morgan fingerprint density at radius 2 is 2.20 bits per heavy atom. The molecule has 0 radical (unpaired) electrons. The Bertz CT molecular complexity index is 487. The topological polar surface area (TPSA) is 58.6 Å². The Morgan fingerprint density at radius 1 is 1.45 bits per heavy atom. The highest BCUT2D eigenvalue weighted by Crippen LogP contribution is 2.36. The van der Waals surface area contributed by atoms with Gasteiger partial charge in [-0.1, -0.05) is 20.3 Å². The van der Waals surface area contributed by atoms with Gasteiger partial charge in [-0.25, -0.2) is 4.79 Å². The summed E-state index contributed by atoms with van der Waals surface area (Å²) < 4.78 is 5.19. The van der Waals surface area contributed by atoms with Gasteiger partial charge in [0.15, 0.2) is 0 Å². The predicted molar refractivity (Wildman–Crippen MR) is 79.5 cm³/mol. The van der Waals surface area contributed by atoms with Crippen LogP contribution in [0.1, 0.15) is 43.5 Å². The zero-order chi connectivity index (χ0) is 14.7. The molecule has 1 aromatic rings. The number of hydrogen-bond acceptors (Lipinski definition) is 3. The lowest BCUT2D eigenvalue weighted by Crippen LogP contribution is -2.25. The van der Waals surface area contributed by atoms with Gasteiger partial charge >= 0.3 is 5.97 Å². The van der Waals surface area contributed by atoms with Crippen molar-refractivity contribution in [2.45, 2.75) is 39.2 Å². The summed E-state index contributed by atoms with van der Waals surface area (Å²) in [6.07, 6.45) is 3.49. The Labute approximate surface area is 120 Å². The molecule has 1 aliphatic carbocycles. The number of ether oxygens (including phenoxy) is 1. The highest BCUT2D eigenvalue weighted by atomic mass is 16.5. The summed E-state index contributed by atoms with van der Waals surface area (Å²) in [6, 6.07) is 5.39. The van der Waals surface area contributed by atoms with Crippen LogP contribution in [0.4, 0.5) is 5.69 Å². The molecule has 0 amide bonds. The van der Waals surface area contributed by atoms with Crippen LogP contribution in [0.15, 0.2) is 18.2 Å². The summed E-state index contributed by atoms with van der Waals surface area (Å²) in [6.45, 7) is 4.47. The van der Waals surface area contributed by atoms with Gasteiger partial charge in [-0.05, 0) is 36.8 Å². The summed E-state index contributed by atoms with van der Waals surface area (Å²) in [7, 11) is 1.59. The van der Waals surface area contributed by atoms with E-state index in [0.717, 1.165) is 12.3 Å². The molecule has 4 heteroatoms.